The van der Waals surface area contributed by atoms with Crippen molar-refractivity contribution < 1.29 is 14.3 Å². The summed E-state index contributed by atoms with van der Waals surface area (Å²) in [5.74, 6) is 0.977. The maximum Gasteiger partial charge on any atom is 0.254 e. The van der Waals surface area contributed by atoms with Crippen molar-refractivity contribution in [2.75, 3.05) is 14.2 Å². The topological polar surface area (TPSA) is 56.6 Å². The van der Waals surface area contributed by atoms with Crippen LogP contribution < -0.4 is 9.47 Å². The van der Waals surface area contributed by atoms with Gasteiger partial charge in [-0.2, -0.15) is 5.10 Å². The van der Waals surface area contributed by atoms with Crippen LogP contribution in [0.25, 0.3) is 0 Å². The smallest absolute Gasteiger partial charge is 0.254 e. The van der Waals surface area contributed by atoms with Gasteiger partial charge in [0.05, 0.1) is 13.3 Å². The van der Waals surface area contributed by atoms with E-state index in [9.17, 15) is 4.79 Å². The molecule has 0 atom stereocenters. The van der Waals surface area contributed by atoms with Gasteiger partial charge in [-0.25, -0.2) is 0 Å². The predicted molar refractivity (Wildman–Crippen MR) is 108 cm³/mol. The van der Waals surface area contributed by atoms with Crippen molar-refractivity contribution in [3.05, 3.63) is 76.6 Å². The molecule has 28 heavy (non-hydrogen) atoms. The second kappa shape index (κ2) is 8.80. The van der Waals surface area contributed by atoms with Gasteiger partial charge in [0.1, 0.15) is 6.61 Å². The first-order valence-corrected chi connectivity index (χ1v) is 9.12. The Morgan fingerprint density at radius 2 is 1.89 bits per heavy atom. The van der Waals surface area contributed by atoms with Gasteiger partial charge < -0.3 is 14.4 Å². The summed E-state index contributed by atoms with van der Waals surface area (Å²) in [6.45, 7) is 0.853. The average Bonchev–Trinajstić information content (AvgIpc) is 3.11. The molecule has 3 rings (SSSR count). The van der Waals surface area contributed by atoms with E-state index >= 15 is 0 Å². The van der Waals surface area contributed by atoms with Crippen molar-refractivity contribution in [2.45, 2.75) is 13.2 Å². The normalized spacial score (nSPS) is 10.6. The van der Waals surface area contributed by atoms with E-state index in [1.54, 1.807) is 48.1 Å². The number of nitrogens with zero attached hydrogens (tertiary/aromatic N) is 3. The number of hydrogen-bond acceptors (Lipinski definition) is 4. The zero-order valence-electron chi connectivity index (χ0n) is 16.1. The van der Waals surface area contributed by atoms with Gasteiger partial charge in [-0.3, -0.25) is 9.48 Å². The lowest BCUT2D eigenvalue weighted by atomic mass is 10.1. The van der Waals surface area contributed by atoms with Gasteiger partial charge in [0.25, 0.3) is 5.91 Å². The van der Waals surface area contributed by atoms with Gasteiger partial charge in [-0.15, -0.1) is 0 Å². The number of amides is 1. The Labute approximate surface area is 169 Å². The first-order valence-electron chi connectivity index (χ1n) is 8.74. The number of aromatic nitrogens is 2. The summed E-state index contributed by atoms with van der Waals surface area (Å²) in [7, 11) is 5.16. The molecule has 0 N–H and O–H groups in total. The molecule has 0 aliphatic carbocycles. The van der Waals surface area contributed by atoms with E-state index in [-0.39, 0.29) is 5.91 Å². The Morgan fingerprint density at radius 1 is 1.14 bits per heavy atom. The average molecular weight is 400 g/mol. The Balaban J connectivity index is 1.69. The van der Waals surface area contributed by atoms with Crippen molar-refractivity contribution in [3.63, 3.8) is 0 Å². The van der Waals surface area contributed by atoms with Gasteiger partial charge in [-0.1, -0.05) is 23.7 Å². The van der Waals surface area contributed by atoms with Crippen LogP contribution in [-0.2, 0) is 20.2 Å². The van der Waals surface area contributed by atoms with Crippen molar-refractivity contribution >= 4 is 17.5 Å². The van der Waals surface area contributed by atoms with Crippen LogP contribution in [0.5, 0.6) is 11.5 Å². The minimum atomic E-state index is -0.105. The summed E-state index contributed by atoms with van der Waals surface area (Å²) < 4.78 is 13.0. The molecule has 1 aromatic heterocycles. The number of methoxy groups -OCH3 is 1. The minimum Gasteiger partial charge on any atom is -0.493 e. The summed E-state index contributed by atoms with van der Waals surface area (Å²) in [5.41, 5.74) is 2.48. The molecule has 0 spiro atoms. The van der Waals surface area contributed by atoms with Gasteiger partial charge in [0, 0.05) is 43.0 Å². The zero-order chi connectivity index (χ0) is 20.1. The van der Waals surface area contributed by atoms with E-state index in [2.05, 4.69) is 5.10 Å². The monoisotopic (exact) mass is 399 g/mol. The van der Waals surface area contributed by atoms with Crippen LogP contribution in [-0.4, -0.2) is 34.7 Å². The van der Waals surface area contributed by atoms with Crippen LogP contribution in [0.15, 0.2) is 54.9 Å². The molecule has 146 valence electrons. The molecule has 2 aromatic carbocycles. The third-order valence-corrected chi connectivity index (χ3v) is 4.49. The molecule has 0 unspecified atom stereocenters. The first-order chi connectivity index (χ1) is 13.5. The van der Waals surface area contributed by atoms with Gasteiger partial charge in [0.15, 0.2) is 11.5 Å². The number of aryl methyl sites for hydroxylation is 1. The number of benzene rings is 2. The summed E-state index contributed by atoms with van der Waals surface area (Å²) in [5, 5.41) is 4.81. The Bertz CT molecular complexity index is 954. The van der Waals surface area contributed by atoms with E-state index < -0.39 is 0 Å². The maximum absolute atomic E-state index is 12.7. The molecule has 6 nitrogen and oxygen atoms in total. The third kappa shape index (κ3) is 4.84. The molecule has 0 aliphatic rings. The van der Waals surface area contributed by atoms with E-state index in [1.807, 2.05) is 37.5 Å². The van der Waals surface area contributed by atoms with Gasteiger partial charge in [0.2, 0.25) is 0 Å². The Kier molecular flexibility index (Phi) is 6.21. The van der Waals surface area contributed by atoms with E-state index in [1.165, 1.54) is 0 Å². The second-order valence-electron chi connectivity index (χ2n) is 6.46. The third-order valence-electron chi connectivity index (χ3n) is 4.24. The van der Waals surface area contributed by atoms with Crippen molar-refractivity contribution in [3.8, 4) is 11.5 Å². The molecule has 0 saturated carbocycles. The summed E-state index contributed by atoms with van der Waals surface area (Å²) in [6, 6.07) is 12.6. The number of hydrogen-bond donors (Lipinski definition) is 0. The first kappa shape index (κ1) is 19.8. The highest BCUT2D eigenvalue weighted by atomic mass is 35.5. The van der Waals surface area contributed by atoms with Crippen molar-refractivity contribution in [1.29, 1.82) is 0 Å². The molecule has 0 fully saturated rings. The highest BCUT2D eigenvalue weighted by Gasteiger charge is 2.16. The molecule has 0 saturated heterocycles. The van der Waals surface area contributed by atoms with E-state index in [4.69, 9.17) is 21.1 Å². The number of halogens is 1. The number of ether oxygens (including phenoxy) is 2. The van der Waals surface area contributed by atoms with E-state index in [0.29, 0.717) is 35.2 Å². The zero-order valence-corrected chi connectivity index (χ0v) is 16.8. The van der Waals surface area contributed by atoms with Gasteiger partial charge in [-0.05, 0) is 35.9 Å². The summed E-state index contributed by atoms with van der Waals surface area (Å²) in [6.07, 6.45) is 3.64. The number of carbonyl (C=O) groups is 1. The second-order valence-corrected chi connectivity index (χ2v) is 6.90. The Hall–Kier alpha value is -2.99. The number of carbonyl (C=O) groups excluding carboxylic acids is 1. The van der Waals surface area contributed by atoms with Crippen LogP contribution >= 0.6 is 11.6 Å². The highest BCUT2D eigenvalue weighted by molar-refractivity contribution is 6.30. The molecule has 0 radical (unpaired) electrons. The Morgan fingerprint density at radius 3 is 2.54 bits per heavy atom. The molecular formula is C21H22ClN3O3. The lowest BCUT2D eigenvalue weighted by Crippen LogP contribution is -2.26. The van der Waals surface area contributed by atoms with Crippen molar-refractivity contribution in [1.82, 2.24) is 14.7 Å². The molecule has 1 amide bonds. The molecule has 7 heteroatoms. The molecule has 1 heterocycles. The fourth-order valence-electron chi connectivity index (χ4n) is 2.78. The SMILES string of the molecule is COc1cc(C(=O)N(C)Cc2cnn(C)c2)ccc1OCc1ccc(Cl)cc1. The fourth-order valence-corrected chi connectivity index (χ4v) is 2.91. The van der Waals surface area contributed by atoms with Crippen LogP contribution in [0.3, 0.4) is 0 Å². The van der Waals surface area contributed by atoms with Crippen molar-refractivity contribution in [2.24, 2.45) is 7.05 Å². The lowest BCUT2D eigenvalue weighted by molar-refractivity contribution is 0.0784. The lowest BCUT2D eigenvalue weighted by Gasteiger charge is -2.18. The molecule has 0 bridgehead atoms. The summed E-state index contributed by atoms with van der Waals surface area (Å²) >= 11 is 5.90. The highest BCUT2D eigenvalue weighted by Crippen LogP contribution is 2.29. The summed E-state index contributed by atoms with van der Waals surface area (Å²) in [4.78, 5) is 14.4. The molecule has 3 aromatic rings. The fraction of sp³-hybridized carbons (Fsp3) is 0.238. The van der Waals surface area contributed by atoms with Crippen LogP contribution in [0.1, 0.15) is 21.5 Å². The predicted octanol–water partition coefficient (Wildman–Crippen LogP) is 3.93. The van der Waals surface area contributed by atoms with Crippen LogP contribution in [0, 0.1) is 0 Å². The molecular weight excluding hydrogens is 378 g/mol. The minimum absolute atomic E-state index is 0.105. The van der Waals surface area contributed by atoms with Gasteiger partial charge >= 0.3 is 0 Å². The largest absolute Gasteiger partial charge is 0.493 e. The van der Waals surface area contributed by atoms with Crippen LogP contribution in [0.2, 0.25) is 5.02 Å². The molecule has 0 aliphatic heterocycles. The quantitative estimate of drug-likeness (QED) is 0.604. The standard InChI is InChI=1S/C21H22ClN3O3/c1-24(12-16-11-23-25(2)13-16)21(26)17-6-9-19(20(10-17)27-3)28-14-15-4-7-18(22)8-5-15/h4-11,13H,12,14H2,1-3H3. The van der Waals surface area contributed by atoms with E-state index in [0.717, 1.165) is 11.1 Å². The maximum atomic E-state index is 12.7. The van der Waals surface area contributed by atoms with Crippen LogP contribution in [0.4, 0.5) is 0 Å². The number of rotatable bonds is 7.